The zero-order valence-electron chi connectivity index (χ0n) is 12.5. The molecular weight excluding hydrogens is 240 g/mol. The van der Waals surface area contributed by atoms with Gasteiger partial charge in [0.15, 0.2) is 0 Å². The number of hydrogen-bond acceptors (Lipinski definition) is 3. The Hall–Kier alpha value is -0.610. The highest BCUT2D eigenvalue weighted by Gasteiger charge is 2.16. The summed E-state index contributed by atoms with van der Waals surface area (Å²) in [6.45, 7) is 6.17. The van der Waals surface area contributed by atoms with Crippen molar-refractivity contribution in [3.63, 3.8) is 0 Å². The topological polar surface area (TPSA) is 64.4 Å². The lowest BCUT2D eigenvalue weighted by Gasteiger charge is -2.17. The Morgan fingerprint density at radius 3 is 2.63 bits per heavy atom. The maximum absolute atomic E-state index is 11.8. The molecule has 1 atom stereocenters. The third-order valence-electron chi connectivity index (χ3n) is 3.69. The summed E-state index contributed by atoms with van der Waals surface area (Å²) < 4.78 is 5.71. The molecule has 1 rings (SSSR count). The lowest BCUT2D eigenvalue weighted by molar-refractivity contribution is -0.122. The van der Waals surface area contributed by atoms with Crippen LogP contribution >= 0.6 is 0 Å². The first-order valence-corrected chi connectivity index (χ1v) is 7.70. The van der Waals surface area contributed by atoms with Gasteiger partial charge in [0.2, 0.25) is 5.91 Å². The molecule has 1 fully saturated rings. The summed E-state index contributed by atoms with van der Waals surface area (Å²) in [7, 11) is 0. The van der Waals surface area contributed by atoms with E-state index in [9.17, 15) is 4.79 Å². The van der Waals surface area contributed by atoms with Crippen molar-refractivity contribution in [3.05, 3.63) is 0 Å². The first kappa shape index (κ1) is 16.4. The molecule has 112 valence electrons. The molecule has 1 unspecified atom stereocenters. The molecule has 19 heavy (non-hydrogen) atoms. The van der Waals surface area contributed by atoms with Crippen molar-refractivity contribution in [1.29, 1.82) is 0 Å². The molecule has 0 aromatic rings. The van der Waals surface area contributed by atoms with Gasteiger partial charge < -0.3 is 15.8 Å². The lowest BCUT2D eigenvalue weighted by Crippen LogP contribution is -2.31. The molecule has 0 radical (unpaired) electrons. The van der Waals surface area contributed by atoms with Gasteiger partial charge in [0, 0.05) is 13.0 Å². The van der Waals surface area contributed by atoms with Crippen LogP contribution in [0.2, 0.25) is 0 Å². The predicted octanol–water partition coefficient (Wildman–Crippen LogP) is 2.07. The van der Waals surface area contributed by atoms with Crippen LogP contribution in [0.1, 0.15) is 52.4 Å². The third kappa shape index (κ3) is 7.53. The Kier molecular flexibility index (Phi) is 8.07. The molecule has 3 N–H and O–H groups in total. The summed E-state index contributed by atoms with van der Waals surface area (Å²) in [5, 5.41) is 2.93. The normalized spacial score (nSPS) is 17.9. The standard InChI is InChI=1S/C15H30N2O2/c1-12(2)9-13(11-16)10-15(18)17-7-8-19-14-5-3-4-6-14/h12-14H,3-11,16H2,1-2H3,(H,17,18). The molecule has 0 aliphatic heterocycles. The molecular formula is C15H30N2O2. The summed E-state index contributed by atoms with van der Waals surface area (Å²) in [5.41, 5.74) is 5.70. The Labute approximate surface area is 117 Å². The highest BCUT2D eigenvalue weighted by molar-refractivity contribution is 5.76. The first-order chi connectivity index (χ1) is 9.11. The van der Waals surface area contributed by atoms with Crippen molar-refractivity contribution in [2.24, 2.45) is 17.6 Å². The zero-order chi connectivity index (χ0) is 14.1. The molecule has 1 aliphatic rings. The van der Waals surface area contributed by atoms with E-state index >= 15 is 0 Å². The minimum absolute atomic E-state index is 0.103. The number of amides is 1. The SMILES string of the molecule is CC(C)CC(CN)CC(=O)NCCOC1CCCC1. The molecule has 0 heterocycles. The largest absolute Gasteiger partial charge is 0.376 e. The van der Waals surface area contributed by atoms with Crippen LogP contribution in [-0.4, -0.2) is 31.7 Å². The average molecular weight is 270 g/mol. The average Bonchev–Trinajstić information content (AvgIpc) is 2.86. The van der Waals surface area contributed by atoms with E-state index in [1.54, 1.807) is 0 Å². The van der Waals surface area contributed by atoms with Gasteiger partial charge in [-0.3, -0.25) is 4.79 Å². The van der Waals surface area contributed by atoms with E-state index in [0.29, 0.717) is 44.1 Å². The summed E-state index contributed by atoms with van der Waals surface area (Å²) in [4.78, 5) is 11.8. The number of carbonyl (C=O) groups excluding carboxylic acids is 1. The van der Waals surface area contributed by atoms with Gasteiger partial charge in [-0.05, 0) is 37.6 Å². The Morgan fingerprint density at radius 1 is 1.37 bits per heavy atom. The van der Waals surface area contributed by atoms with E-state index in [0.717, 1.165) is 6.42 Å². The van der Waals surface area contributed by atoms with Gasteiger partial charge in [0.05, 0.1) is 12.7 Å². The van der Waals surface area contributed by atoms with E-state index in [1.165, 1.54) is 25.7 Å². The van der Waals surface area contributed by atoms with Gasteiger partial charge in [-0.2, -0.15) is 0 Å². The van der Waals surface area contributed by atoms with Crippen molar-refractivity contribution < 1.29 is 9.53 Å². The van der Waals surface area contributed by atoms with Crippen LogP contribution in [-0.2, 0) is 9.53 Å². The van der Waals surface area contributed by atoms with Crippen molar-refractivity contribution >= 4 is 5.91 Å². The fourth-order valence-electron chi connectivity index (χ4n) is 2.73. The quantitative estimate of drug-likeness (QED) is 0.630. The third-order valence-corrected chi connectivity index (χ3v) is 3.69. The minimum atomic E-state index is 0.103. The highest BCUT2D eigenvalue weighted by atomic mass is 16.5. The van der Waals surface area contributed by atoms with Gasteiger partial charge in [-0.15, -0.1) is 0 Å². The molecule has 0 saturated heterocycles. The summed E-state index contributed by atoms with van der Waals surface area (Å²) in [5.74, 6) is 0.994. The van der Waals surface area contributed by atoms with Crippen molar-refractivity contribution in [3.8, 4) is 0 Å². The smallest absolute Gasteiger partial charge is 0.220 e. The van der Waals surface area contributed by atoms with E-state index in [-0.39, 0.29) is 5.91 Å². The molecule has 4 heteroatoms. The van der Waals surface area contributed by atoms with E-state index in [2.05, 4.69) is 19.2 Å². The molecule has 1 amide bonds. The fourth-order valence-corrected chi connectivity index (χ4v) is 2.73. The van der Waals surface area contributed by atoms with Crippen LogP contribution < -0.4 is 11.1 Å². The first-order valence-electron chi connectivity index (χ1n) is 7.70. The van der Waals surface area contributed by atoms with E-state index in [1.807, 2.05) is 0 Å². The van der Waals surface area contributed by atoms with Gasteiger partial charge in [0.1, 0.15) is 0 Å². The second-order valence-electron chi connectivity index (χ2n) is 6.06. The number of ether oxygens (including phenoxy) is 1. The summed E-state index contributed by atoms with van der Waals surface area (Å²) >= 11 is 0. The summed E-state index contributed by atoms with van der Waals surface area (Å²) in [6.07, 6.45) is 6.90. The molecule has 0 spiro atoms. The number of carbonyl (C=O) groups is 1. The number of rotatable bonds is 9. The van der Waals surface area contributed by atoms with E-state index in [4.69, 9.17) is 10.5 Å². The zero-order valence-corrected chi connectivity index (χ0v) is 12.5. The predicted molar refractivity (Wildman–Crippen MR) is 77.8 cm³/mol. The van der Waals surface area contributed by atoms with Crippen LogP contribution in [0.15, 0.2) is 0 Å². The molecule has 0 aromatic carbocycles. The molecule has 1 saturated carbocycles. The van der Waals surface area contributed by atoms with Crippen LogP contribution in [0.3, 0.4) is 0 Å². The van der Waals surface area contributed by atoms with Crippen molar-refractivity contribution in [2.75, 3.05) is 19.7 Å². The second kappa shape index (κ2) is 9.32. The maximum atomic E-state index is 11.8. The van der Waals surface area contributed by atoms with Crippen LogP contribution in [0, 0.1) is 11.8 Å². The Bertz CT molecular complexity index is 251. The van der Waals surface area contributed by atoms with Gasteiger partial charge >= 0.3 is 0 Å². The van der Waals surface area contributed by atoms with Crippen LogP contribution in [0.5, 0.6) is 0 Å². The number of nitrogens with two attached hydrogens (primary N) is 1. The highest BCUT2D eigenvalue weighted by Crippen LogP contribution is 2.20. The monoisotopic (exact) mass is 270 g/mol. The molecule has 1 aliphatic carbocycles. The Balaban J connectivity index is 2.05. The van der Waals surface area contributed by atoms with Gasteiger partial charge in [-0.1, -0.05) is 26.7 Å². The van der Waals surface area contributed by atoms with Crippen molar-refractivity contribution in [2.45, 2.75) is 58.5 Å². The van der Waals surface area contributed by atoms with Gasteiger partial charge in [-0.25, -0.2) is 0 Å². The minimum Gasteiger partial charge on any atom is -0.376 e. The molecule has 0 aromatic heterocycles. The fraction of sp³-hybridized carbons (Fsp3) is 0.933. The van der Waals surface area contributed by atoms with E-state index < -0.39 is 0 Å². The number of nitrogens with one attached hydrogen (secondary N) is 1. The van der Waals surface area contributed by atoms with Crippen LogP contribution in [0.4, 0.5) is 0 Å². The maximum Gasteiger partial charge on any atom is 0.220 e. The second-order valence-corrected chi connectivity index (χ2v) is 6.06. The van der Waals surface area contributed by atoms with Gasteiger partial charge in [0.25, 0.3) is 0 Å². The lowest BCUT2D eigenvalue weighted by atomic mass is 9.94. The number of hydrogen-bond donors (Lipinski definition) is 2. The molecule has 0 bridgehead atoms. The molecule has 4 nitrogen and oxygen atoms in total. The van der Waals surface area contributed by atoms with Crippen LogP contribution in [0.25, 0.3) is 0 Å². The Morgan fingerprint density at radius 2 is 2.05 bits per heavy atom. The summed E-state index contributed by atoms with van der Waals surface area (Å²) in [6, 6.07) is 0. The van der Waals surface area contributed by atoms with Crippen molar-refractivity contribution in [1.82, 2.24) is 5.32 Å².